The van der Waals surface area contributed by atoms with Crippen LogP contribution in [-0.2, 0) is 18.3 Å². The standard InChI is InChI=1S/C26H34BrNO.ClH/c1-3-20-10-11-21(25(27)17-20)12-16-28-15-6-14-26(13-5-8-23(26)19-28)22-7-4-9-24(18-22)29-2;/h4,7,9-11,17-18,23H,3,5-6,8,12-16,19H2,1-2H3;1H. The molecule has 4 rings (SSSR count). The smallest absolute Gasteiger partial charge is 0.119 e. The molecule has 164 valence electrons. The molecule has 1 saturated heterocycles. The minimum absolute atomic E-state index is 0. The van der Waals surface area contributed by atoms with Gasteiger partial charge in [-0.1, -0.05) is 53.5 Å². The third-order valence-corrected chi connectivity index (χ3v) is 8.14. The summed E-state index contributed by atoms with van der Waals surface area (Å²) in [4.78, 5) is 2.73. The molecular weight excluding hydrogens is 458 g/mol. The molecule has 0 radical (unpaired) electrons. The second-order valence-corrected chi connectivity index (χ2v) is 9.77. The molecule has 1 aliphatic carbocycles. The zero-order chi connectivity index (χ0) is 20.3. The van der Waals surface area contributed by atoms with Crippen LogP contribution in [0.1, 0.15) is 55.7 Å². The van der Waals surface area contributed by atoms with Crippen LogP contribution in [0.25, 0.3) is 0 Å². The van der Waals surface area contributed by atoms with E-state index in [1.165, 1.54) is 66.4 Å². The number of methoxy groups -OCH3 is 1. The highest BCUT2D eigenvalue weighted by Gasteiger charge is 2.45. The van der Waals surface area contributed by atoms with Crippen LogP contribution in [0, 0.1) is 5.92 Å². The first-order chi connectivity index (χ1) is 14.1. The number of benzene rings is 2. The Kier molecular flexibility index (Phi) is 8.29. The van der Waals surface area contributed by atoms with Crippen molar-refractivity contribution in [2.45, 2.75) is 57.3 Å². The van der Waals surface area contributed by atoms with Crippen LogP contribution in [0.4, 0.5) is 0 Å². The Bertz CT molecular complexity index is 842. The molecule has 1 aliphatic heterocycles. The van der Waals surface area contributed by atoms with Gasteiger partial charge in [-0.25, -0.2) is 0 Å². The summed E-state index contributed by atoms with van der Waals surface area (Å²) in [6.07, 6.45) is 8.90. The van der Waals surface area contributed by atoms with Crippen LogP contribution in [0.2, 0.25) is 0 Å². The summed E-state index contributed by atoms with van der Waals surface area (Å²) in [5.74, 6) is 1.77. The van der Waals surface area contributed by atoms with Crippen LogP contribution in [-0.4, -0.2) is 31.6 Å². The van der Waals surface area contributed by atoms with E-state index in [1.54, 1.807) is 7.11 Å². The summed E-state index contributed by atoms with van der Waals surface area (Å²) in [5, 5.41) is 0. The van der Waals surface area contributed by atoms with Gasteiger partial charge in [-0.05, 0) is 91.3 Å². The van der Waals surface area contributed by atoms with Gasteiger partial charge in [0.1, 0.15) is 5.75 Å². The van der Waals surface area contributed by atoms with E-state index in [0.29, 0.717) is 5.41 Å². The Morgan fingerprint density at radius 3 is 2.73 bits per heavy atom. The van der Waals surface area contributed by atoms with Crippen molar-refractivity contribution >= 4 is 28.3 Å². The molecule has 2 nitrogen and oxygen atoms in total. The van der Waals surface area contributed by atoms with Gasteiger partial charge in [-0.15, -0.1) is 12.4 Å². The number of nitrogens with zero attached hydrogens (tertiary/aromatic N) is 1. The highest BCUT2D eigenvalue weighted by molar-refractivity contribution is 9.10. The van der Waals surface area contributed by atoms with Crippen molar-refractivity contribution in [1.29, 1.82) is 0 Å². The average molecular weight is 493 g/mol. The summed E-state index contributed by atoms with van der Waals surface area (Å²) < 4.78 is 6.82. The fraction of sp³-hybridized carbons (Fsp3) is 0.538. The number of ether oxygens (including phenoxy) is 1. The number of rotatable bonds is 6. The molecule has 0 aromatic heterocycles. The molecule has 2 atom stereocenters. The molecule has 4 heteroatoms. The van der Waals surface area contributed by atoms with Crippen LogP contribution >= 0.6 is 28.3 Å². The SMILES string of the molecule is CCc1ccc(CCN2CCCC3(c4cccc(OC)c4)CCCC3C2)c(Br)c1.Cl. The van der Waals surface area contributed by atoms with Gasteiger partial charge in [-0.3, -0.25) is 0 Å². The number of likely N-dealkylation sites (tertiary alicyclic amines) is 1. The molecule has 0 spiro atoms. The summed E-state index contributed by atoms with van der Waals surface area (Å²) in [7, 11) is 1.78. The van der Waals surface area contributed by atoms with E-state index >= 15 is 0 Å². The lowest BCUT2D eigenvalue weighted by molar-refractivity contribution is 0.223. The van der Waals surface area contributed by atoms with E-state index in [4.69, 9.17) is 4.74 Å². The van der Waals surface area contributed by atoms with Gasteiger partial charge in [0.05, 0.1) is 7.11 Å². The van der Waals surface area contributed by atoms with Crippen LogP contribution < -0.4 is 4.74 Å². The van der Waals surface area contributed by atoms with Crippen molar-refractivity contribution in [3.8, 4) is 5.75 Å². The van der Waals surface area contributed by atoms with Gasteiger partial charge < -0.3 is 9.64 Å². The number of fused-ring (bicyclic) bond motifs is 1. The minimum atomic E-state index is 0. The Balaban J connectivity index is 0.00000256. The number of aryl methyl sites for hydroxylation is 1. The van der Waals surface area contributed by atoms with E-state index in [9.17, 15) is 0 Å². The summed E-state index contributed by atoms with van der Waals surface area (Å²) in [6.45, 7) is 5.85. The Hall–Kier alpha value is -1.03. The predicted octanol–water partition coefficient (Wildman–Crippen LogP) is 6.82. The maximum absolute atomic E-state index is 5.54. The van der Waals surface area contributed by atoms with E-state index in [1.807, 2.05) is 0 Å². The third kappa shape index (κ3) is 4.89. The monoisotopic (exact) mass is 491 g/mol. The molecule has 0 bridgehead atoms. The van der Waals surface area contributed by atoms with E-state index < -0.39 is 0 Å². The molecular formula is C26H35BrClNO. The zero-order valence-electron chi connectivity index (χ0n) is 18.3. The predicted molar refractivity (Wildman–Crippen MR) is 132 cm³/mol. The maximum atomic E-state index is 5.54. The normalized spacial score (nSPS) is 24.0. The molecule has 2 aromatic rings. The topological polar surface area (TPSA) is 12.5 Å². The first-order valence-corrected chi connectivity index (χ1v) is 12.1. The first kappa shape index (κ1) is 23.6. The van der Waals surface area contributed by atoms with Gasteiger partial charge in [0.15, 0.2) is 0 Å². The third-order valence-electron chi connectivity index (χ3n) is 7.40. The fourth-order valence-electron chi connectivity index (χ4n) is 5.71. The minimum Gasteiger partial charge on any atom is -0.497 e. The lowest BCUT2D eigenvalue weighted by atomic mass is 9.69. The molecule has 2 aromatic carbocycles. The van der Waals surface area contributed by atoms with Crippen molar-refractivity contribution in [3.05, 3.63) is 63.6 Å². The van der Waals surface area contributed by atoms with Gasteiger partial charge in [0.2, 0.25) is 0 Å². The van der Waals surface area contributed by atoms with E-state index in [2.05, 4.69) is 70.2 Å². The van der Waals surface area contributed by atoms with Crippen molar-refractivity contribution in [2.24, 2.45) is 5.92 Å². The van der Waals surface area contributed by atoms with Crippen LogP contribution in [0.5, 0.6) is 5.75 Å². The molecule has 0 amide bonds. The number of halogens is 2. The van der Waals surface area contributed by atoms with Crippen molar-refractivity contribution in [2.75, 3.05) is 26.7 Å². The molecule has 2 fully saturated rings. The van der Waals surface area contributed by atoms with Crippen molar-refractivity contribution in [3.63, 3.8) is 0 Å². The Morgan fingerprint density at radius 2 is 1.97 bits per heavy atom. The summed E-state index contributed by atoms with van der Waals surface area (Å²) in [5.41, 5.74) is 4.72. The fourth-order valence-corrected chi connectivity index (χ4v) is 6.34. The van der Waals surface area contributed by atoms with Gasteiger partial charge in [-0.2, -0.15) is 0 Å². The van der Waals surface area contributed by atoms with Gasteiger partial charge in [0, 0.05) is 17.6 Å². The lowest BCUT2D eigenvalue weighted by Crippen LogP contribution is -2.36. The average Bonchev–Trinajstić information content (AvgIpc) is 3.07. The van der Waals surface area contributed by atoms with Gasteiger partial charge >= 0.3 is 0 Å². The van der Waals surface area contributed by atoms with E-state index in [-0.39, 0.29) is 12.4 Å². The van der Waals surface area contributed by atoms with Crippen molar-refractivity contribution < 1.29 is 4.74 Å². The van der Waals surface area contributed by atoms with E-state index in [0.717, 1.165) is 31.1 Å². The van der Waals surface area contributed by atoms with Crippen LogP contribution in [0.3, 0.4) is 0 Å². The Morgan fingerprint density at radius 1 is 1.13 bits per heavy atom. The largest absolute Gasteiger partial charge is 0.497 e. The molecule has 30 heavy (non-hydrogen) atoms. The molecule has 2 unspecified atom stereocenters. The van der Waals surface area contributed by atoms with Gasteiger partial charge in [0.25, 0.3) is 0 Å². The number of hydrogen-bond acceptors (Lipinski definition) is 2. The maximum Gasteiger partial charge on any atom is 0.119 e. The Labute approximate surface area is 196 Å². The zero-order valence-corrected chi connectivity index (χ0v) is 20.7. The summed E-state index contributed by atoms with van der Waals surface area (Å²) >= 11 is 3.80. The molecule has 2 aliphatic rings. The number of hydrogen-bond donors (Lipinski definition) is 0. The first-order valence-electron chi connectivity index (χ1n) is 11.3. The highest BCUT2D eigenvalue weighted by Crippen LogP contribution is 2.51. The molecule has 1 heterocycles. The second-order valence-electron chi connectivity index (χ2n) is 8.91. The van der Waals surface area contributed by atoms with Crippen molar-refractivity contribution in [1.82, 2.24) is 4.90 Å². The van der Waals surface area contributed by atoms with Crippen LogP contribution in [0.15, 0.2) is 46.9 Å². The summed E-state index contributed by atoms with van der Waals surface area (Å²) in [6, 6.07) is 15.8. The molecule has 1 saturated carbocycles. The highest BCUT2D eigenvalue weighted by atomic mass is 79.9. The quantitative estimate of drug-likeness (QED) is 0.439. The lowest BCUT2D eigenvalue weighted by Gasteiger charge is -2.36. The second kappa shape index (κ2) is 10.5. The molecule has 0 N–H and O–H groups in total.